The number of oxime groups is 1. The van der Waals surface area contributed by atoms with E-state index in [2.05, 4.69) is 29.0 Å². The van der Waals surface area contributed by atoms with Gasteiger partial charge in [0, 0.05) is 0 Å². The minimum absolute atomic E-state index is 0.475. The third-order valence-corrected chi connectivity index (χ3v) is 4.84. The van der Waals surface area contributed by atoms with Crippen molar-refractivity contribution in [2.75, 3.05) is 26.9 Å². The topological polar surface area (TPSA) is 75.3 Å². The van der Waals surface area contributed by atoms with Gasteiger partial charge in [-0.2, -0.15) is 0 Å². The minimum Gasteiger partial charge on any atom is -0.493 e. The molecule has 0 aliphatic heterocycles. The average Bonchev–Trinajstić information content (AvgIpc) is 3.23. The average molecular weight is 445 g/mol. The van der Waals surface area contributed by atoms with Gasteiger partial charge in [-0.25, -0.2) is 0 Å². The molecule has 0 aliphatic rings. The molecule has 176 valence electrons. The molecule has 32 heavy (non-hydrogen) atoms. The molecule has 0 spiro atoms. The number of hydrogen-bond donors (Lipinski definition) is 0. The molecule has 0 amide bonds. The van der Waals surface area contributed by atoms with Crippen molar-refractivity contribution in [3.63, 3.8) is 0 Å². The van der Waals surface area contributed by atoms with Crippen LogP contribution in [-0.4, -0.2) is 38.3 Å². The number of rotatable bonds is 16. The van der Waals surface area contributed by atoms with Gasteiger partial charge in [-0.1, -0.05) is 43.0 Å². The lowest BCUT2D eigenvalue weighted by molar-refractivity contribution is 0.214. The second-order valence-corrected chi connectivity index (χ2v) is 7.57. The van der Waals surface area contributed by atoms with Crippen LogP contribution in [0, 0.1) is 13.8 Å². The maximum Gasteiger partial charge on any atom is 0.254 e. The number of aryl methyl sites for hydroxylation is 2. The van der Waals surface area contributed by atoms with Gasteiger partial charge in [0.05, 0.1) is 19.3 Å². The lowest BCUT2D eigenvalue weighted by Crippen LogP contribution is -2.02. The van der Waals surface area contributed by atoms with Crippen molar-refractivity contribution in [1.82, 2.24) is 5.16 Å². The maximum atomic E-state index is 6.05. The summed E-state index contributed by atoms with van der Waals surface area (Å²) in [5, 5.41) is 7.45. The van der Waals surface area contributed by atoms with Crippen LogP contribution in [0.1, 0.15) is 62.3 Å². The number of nitrogens with zero attached hydrogens (tertiary/aromatic N) is 2. The van der Waals surface area contributed by atoms with Crippen molar-refractivity contribution < 1.29 is 23.6 Å². The third kappa shape index (κ3) is 9.45. The number of aromatic nitrogens is 1. The summed E-state index contributed by atoms with van der Waals surface area (Å²) in [4.78, 5) is 4.59. The van der Waals surface area contributed by atoms with Crippen LogP contribution >= 0.6 is 0 Å². The van der Waals surface area contributed by atoms with Crippen LogP contribution in [0.25, 0.3) is 0 Å². The molecule has 2 aromatic rings. The van der Waals surface area contributed by atoms with Crippen molar-refractivity contribution >= 4 is 6.21 Å². The van der Waals surface area contributed by atoms with Gasteiger partial charge in [-0.05, 0) is 62.0 Å². The van der Waals surface area contributed by atoms with Crippen molar-refractivity contribution in [2.24, 2.45) is 5.16 Å². The summed E-state index contributed by atoms with van der Waals surface area (Å²) in [6.07, 6.45) is 12.1. The molecular formula is C25H36N2O5. The second kappa shape index (κ2) is 14.9. The molecule has 0 aliphatic carbocycles. The minimum atomic E-state index is 0.475. The van der Waals surface area contributed by atoms with Crippen LogP contribution in [0.4, 0.5) is 0 Å². The first kappa shape index (κ1) is 25.3. The van der Waals surface area contributed by atoms with E-state index >= 15 is 0 Å². The van der Waals surface area contributed by atoms with Gasteiger partial charge in [0.2, 0.25) is 0 Å². The Morgan fingerprint density at radius 3 is 2.22 bits per heavy atom. The fourth-order valence-corrected chi connectivity index (χ4v) is 3.23. The molecule has 0 saturated heterocycles. The highest BCUT2D eigenvalue weighted by molar-refractivity contribution is 5.75. The smallest absolute Gasteiger partial charge is 0.254 e. The number of ether oxygens (including phenoxy) is 3. The normalized spacial score (nSPS) is 11.4. The van der Waals surface area contributed by atoms with Gasteiger partial charge in [-0.3, -0.25) is 0 Å². The first-order valence-electron chi connectivity index (χ1n) is 11.3. The molecule has 0 saturated carbocycles. The summed E-state index contributed by atoms with van der Waals surface area (Å²) < 4.78 is 22.4. The zero-order valence-electron chi connectivity index (χ0n) is 19.8. The molecule has 1 heterocycles. The Morgan fingerprint density at radius 2 is 1.56 bits per heavy atom. The Morgan fingerprint density at radius 1 is 0.906 bits per heavy atom. The van der Waals surface area contributed by atoms with Crippen molar-refractivity contribution in [1.29, 1.82) is 0 Å². The highest BCUT2D eigenvalue weighted by Crippen LogP contribution is 2.28. The monoisotopic (exact) mass is 444 g/mol. The zero-order valence-corrected chi connectivity index (χ0v) is 19.8. The summed E-state index contributed by atoms with van der Waals surface area (Å²) in [5.41, 5.74) is 2.23. The van der Waals surface area contributed by atoms with Crippen LogP contribution in [0.5, 0.6) is 17.4 Å². The molecule has 7 heteroatoms. The number of unbranched alkanes of at least 4 members (excludes halogenated alkanes) is 5. The summed E-state index contributed by atoms with van der Waals surface area (Å²) in [5.74, 6) is 2.84. The van der Waals surface area contributed by atoms with Crippen molar-refractivity contribution in [3.05, 3.63) is 47.2 Å². The van der Waals surface area contributed by atoms with E-state index in [0.29, 0.717) is 24.9 Å². The highest BCUT2D eigenvalue weighted by atomic mass is 16.6. The Kier molecular flexibility index (Phi) is 11.8. The van der Waals surface area contributed by atoms with Crippen LogP contribution in [0.15, 0.2) is 40.0 Å². The Balaban J connectivity index is 1.52. The first-order valence-corrected chi connectivity index (χ1v) is 11.3. The third-order valence-electron chi connectivity index (χ3n) is 4.84. The van der Waals surface area contributed by atoms with Crippen LogP contribution in [0.3, 0.4) is 0 Å². The summed E-state index contributed by atoms with van der Waals surface area (Å²) in [6.45, 7) is 8.09. The van der Waals surface area contributed by atoms with E-state index in [4.69, 9.17) is 18.7 Å². The van der Waals surface area contributed by atoms with Gasteiger partial charge in [-0.15, -0.1) is 0 Å². The van der Waals surface area contributed by atoms with Gasteiger partial charge in [0.15, 0.2) is 5.76 Å². The first-order chi connectivity index (χ1) is 15.6. The molecular weight excluding hydrogens is 408 g/mol. The SMILES string of the molecule is C/C=C/COc1cc(C)c(OCCCCCCCCOc2cc(C=NOC)on2)c(C)c1. The molecule has 0 radical (unpaired) electrons. The summed E-state index contributed by atoms with van der Waals surface area (Å²) in [6, 6.07) is 5.78. The molecule has 2 rings (SSSR count). The fourth-order valence-electron chi connectivity index (χ4n) is 3.23. The standard InChI is InChI=1S/C25H36N2O5/c1-5-6-13-29-22-16-20(2)25(21(3)17-22)31-15-12-10-8-7-9-11-14-30-24-18-23(32-27-24)19-26-28-4/h5-6,16-19H,7-15H2,1-4H3/b6-5+,26-19?. The number of benzene rings is 1. The van der Waals surface area contributed by atoms with E-state index in [0.717, 1.165) is 54.9 Å². The zero-order chi connectivity index (χ0) is 23.0. The molecule has 1 aromatic heterocycles. The van der Waals surface area contributed by atoms with Gasteiger partial charge in [0.1, 0.15) is 31.4 Å². The van der Waals surface area contributed by atoms with Crippen LogP contribution in [0.2, 0.25) is 0 Å². The molecule has 0 bridgehead atoms. The van der Waals surface area contributed by atoms with E-state index in [1.807, 2.05) is 31.2 Å². The Hall–Kier alpha value is -2.96. The van der Waals surface area contributed by atoms with Crippen molar-refractivity contribution in [2.45, 2.75) is 59.3 Å². The lowest BCUT2D eigenvalue weighted by Gasteiger charge is -2.14. The predicted octanol–water partition coefficient (Wildman–Crippen LogP) is 6.03. The van der Waals surface area contributed by atoms with E-state index in [9.17, 15) is 0 Å². The summed E-state index contributed by atoms with van der Waals surface area (Å²) >= 11 is 0. The predicted molar refractivity (Wildman–Crippen MR) is 126 cm³/mol. The maximum absolute atomic E-state index is 6.05. The highest BCUT2D eigenvalue weighted by Gasteiger charge is 2.07. The van der Waals surface area contributed by atoms with Crippen LogP contribution in [-0.2, 0) is 4.84 Å². The largest absolute Gasteiger partial charge is 0.493 e. The second-order valence-electron chi connectivity index (χ2n) is 7.57. The molecule has 0 N–H and O–H groups in total. The van der Waals surface area contributed by atoms with E-state index in [1.165, 1.54) is 26.2 Å². The van der Waals surface area contributed by atoms with Crippen molar-refractivity contribution in [3.8, 4) is 17.4 Å². The molecule has 0 atom stereocenters. The van der Waals surface area contributed by atoms with Gasteiger partial charge >= 0.3 is 0 Å². The number of allylic oxidation sites excluding steroid dienone is 1. The summed E-state index contributed by atoms with van der Waals surface area (Å²) in [7, 11) is 1.47. The number of hydrogen-bond acceptors (Lipinski definition) is 7. The molecule has 0 unspecified atom stereocenters. The quantitative estimate of drug-likeness (QED) is 0.136. The van der Waals surface area contributed by atoms with Gasteiger partial charge < -0.3 is 23.6 Å². The van der Waals surface area contributed by atoms with Gasteiger partial charge in [0.25, 0.3) is 5.88 Å². The molecule has 7 nitrogen and oxygen atoms in total. The fraction of sp³-hybridized carbons (Fsp3) is 0.520. The molecule has 0 fully saturated rings. The van der Waals surface area contributed by atoms with Crippen LogP contribution < -0.4 is 14.2 Å². The Labute approximate surface area is 191 Å². The van der Waals surface area contributed by atoms with E-state index in [1.54, 1.807) is 6.07 Å². The Bertz CT molecular complexity index is 822. The van der Waals surface area contributed by atoms with E-state index < -0.39 is 0 Å². The van der Waals surface area contributed by atoms with E-state index in [-0.39, 0.29) is 0 Å². The molecule has 1 aromatic carbocycles. The lowest BCUT2D eigenvalue weighted by atomic mass is 10.1.